The van der Waals surface area contributed by atoms with Crippen molar-refractivity contribution in [1.82, 2.24) is 14.8 Å². The SMILES string of the molecule is O=C(Cc1ccc(OC(F)F)cc1)Nc1ncn(Cc2ccccc2)n1. The molecule has 134 valence electrons. The number of amides is 1. The summed E-state index contributed by atoms with van der Waals surface area (Å²) < 4.78 is 30.1. The fourth-order valence-corrected chi connectivity index (χ4v) is 2.34. The molecule has 2 aromatic carbocycles. The molecule has 0 radical (unpaired) electrons. The minimum Gasteiger partial charge on any atom is -0.435 e. The van der Waals surface area contributed by atoms with Gasteiger partial charge in [0.25, 0.3) is 0 Å². The first-order valence-electron chi connectivity index (χ1n) is 7.85. The van der Waals surface area contributed by atoms with Crippen LogP contribution in [0.15, 0.2) is 60.9 Å². The summed E-state index contributed by atoms with van der Waals surface area (Å²) in [4.78, 5) is 16.1. The lowest BCUT2D eigenvalue weighted by atomic mass is 10.1. The molecule has 3 aromatic rings. The predicted molar refractivity (Wildman–Crippen MR) is 91.0 cm³/mol. The van der Waals surface area contributed by atoms with Crippen LogP contribution in [-0.2, 0) is 17.8 Å². The number of nitrogens with one attached hydrogen (secondary N) is 1. The van der Waals surface area contributed by atoms with E-state index in [4.69, 9.17) is 0 Å². The highest BCUT2D eigenvalue weighted by Crippen LogP contribution is 2.15. The molecule has 0 aliphatic carbocycles. The Bertz CT molecular complexity index is 851. The molecule has 1 aromatic heterocycles. The number of hydrogen-bond donors (Lipinski definition) is 1. The molecule has 1 amide bonds. The van der Waals surface area contributed by atoms with Crippen LogP contribution in [0, 0.1) is 0 Å². The second kappa shape index (κ2) is 8.19. The molecule has 0 aliphatic heterocycles. The number of hydrogen-bond acceptors (Lipinski definition) is 4. The molecular weight excluding hydrogens is 342 g/mol. The molecule has 8 heteroatoms. The number of carbonyl (C=O) groups is 1. The fourth-order valence-electron chi connectivity index (χ4n) is 2.34. The van der Waals surface area contributed by atoms with E-state index in [1.165, 1.54) is 12.1 Å². The van der Waals surface area contributed by atoms with Crippen LogP contribution in [0.1, 0.15) is 11.1 Å². The summed E-state index contributed by atoms with van der Waals surface area (Å²) in [6.45, 7) is -2.32. The van der Waals surface area contributed by atoms with Crippen molar-refractivity contribution in [2.45, 2.75) is 19.6 Å². The quantitative estimate of drug-likeness (QED) is 0.705. The number of rotatable bonds is 7. The normalized spacial score (nSPS) is 10.7. The van der Waals surface area contributed by atoms with E-state index < -0.39 is 6.61 Å². The lowest BCUT2D eigenvalue weighted by Crippen LogP contribution is -2.15. The Balaban J connectivity index is 1.53. The van der Waals surface area contributed by atoms with E-state index in [-0.39, 0.29) is 24.0 Å². The molecule has 0 atom stereocenters. The van der Waals surface area contributed by atoms with Gasteiger partial charge in [0.1, 0.15) is 12.1 Å². The van der Waals surface area contributed by atoms with Crippen LogP contribution in [0.4, 0.5) is 14.7 Å². The van der Waals surface area contributed by atoms with Crippen LogP contribution >= 0.6 is 0 Å². The predicted octanol–water partition coefficient (Wildman–Crippen LogP) is 3.11. The van der Waals surface area contributed by atoms with Crippen LogP contribution in [0.25, 0.3) is 0 Å². The molecule has 0 spiro atoms. The summed E-state index contributed by atoms with van der Waals surface area (Å²) in [6, 6.07) is 15.6. The van der Waals surface area contributed by atoms with Crippen LogP contribution in [-0.4, -0.2) is 27.3 Å². The molecule has 26 heavy (non-hydrogen) atoms. The zero-order valence-corrected chi connectivity index (χ0v) is 13.7. The third-order valence-electron chi connectivity index (χ3n) is 3.49. The number of anilines is 1. The van der Waals surface area contributed by atoms with E-state index >= 15 is 0 Å². The number of halogens is 2. The van der Waals surface area contributed by atoms with E-state index in [2.05, 4.69) is 20.1 Å². The van der Waals surface area contributed by atoms with E-state index in [0.717, 1.165) is 5.56 Å². The van der Waals surface area contributed by atoms with Crippen molar-refractivity contribution in [2.75, 3.05) is 5.32 Å². The molecule has 0 saturated carbocycles. The molecule has 1 heterocycles. The zero-order valence-electron chi connectivity index (χ0n) is 13.7. The zero-order chi connectivity index (χ0) is 18.4. The molecule has 1 N–H and O–H groups in total. The van der Waals surface area contributed by atoms with E-state index in [1.54, 1.807) is 23.1 Å². The summed E-state index contributed by atoms with van der Waals surface area (Å²) >= 11 is 0. The molecule has 3 rings (SSSR count). The highest BCUT2D eigenvalue weighted by Gasteiger charge is 2.09. The Labute approximate surface area is 148 Å². The monoisotopic (exact) mass is 358 g/mol. The van der Waals surface area contributed by atoms with Crippen molar-refractivity contribution in [1.29, 1.82) is 0 Å². The minimum absolute atomic E-state index is 0.0467. The maximum Gasteiger partial charge on any atom is 0.387 e. The average Bonchev–Trinajstić information content (AvgIpc) is 3.04. The van der Waals surface area contributed by atoms with Crippen molar-refractivity contribution >= 4 is 11.9 Å². The second-order valence-electron chi connectivity index (χ2n) is 5.50. The van der Waals surface area contributed by atoms with Gasteiger partial charge in [-0.25, -0.2) is 9.67 Å². The van der Waals surface area contributed by atoms with Crippen molar-refractivity contribution < 1.29 is 18.3 Å². The molecule has 0 saturated heterocycles. The highest BCUT2D eigenvalue weighted by molar-refractivity contribution is 5.90. The van der Waals surface area contributed by atoms with Crippen molar-refractivity contribution in [3.05, 3.63) is 72.1 Å². The van der Waals surface area contributed by atoms with Gasteiger partial charge in [-0.05, 0) is 23.3 Å². The third-order valence-corrected chi connectivity index (χ3v) is 3.49. The number of alkyl halides is 2. The van der Waals surface area contributed by atoms with Gasteiger partial charge in [-0.15, -0.1) is 5.10 Å². The second-order valence-corrected chi connectivity index (χ2v) is 5.50. The topological polar surface area (TPSA) is 69.0 Å². The number of aromatic nitrogens is 3. The van der Waals surface area contributed by atoms with Crippen LogP contribution in [0.5, 0.6) is 5.75 Å². The lowest BCUT2D eigenvalue weighted by Gasteiger charge is -2.05. The lowest BCUT2D eigenvalue weighted by molar-refractivity contribution is -0.115. The number of nitrogens with zero attached hydrogens (tertiary/aromatic N) is 3. The summed E-state index contributed by atoms with van der Waals surface area (Å²) in [5.41, 5.74) is 1.73. The molecule has 0 fully saturated rings. The third kappa shape index (κ3) is 5.10. The summed E-state index contributed by atoms with van der Waals surface area (Å²) in [7, 11) is 0. The van der Waals surface area contributed by atoms with E-state index in [9.17, 15) is 13.6 Å². The summed E-state index contributed by atoms with van der Waals surface area (Å²) in [5.74, 6) is -0.0425. The molecule has 0 unspecified atom stereocenters. The van der Waals surface area contributed by atoms with Gasteiger partial charge in [-0.1, -0.05) is 42.5 Å². The Morgan fingerprint density at radius 3 is 2.50 bits per heavy atom. The van der Waals surface area contributed by atoms with Gasteiger partial charge in [-0.2, -0.15) is 8.78 Å². The maximum atomic E-state index is 12.1. The van der Waals surface area contributed by atoms with Gasteiger partial charge in [-0.3, -0.25) is 10.1 Å². The molecule has 6 nitrogen and oxygen atoms in total. The Morgan fingerprint density at radius 1 is 1.08 bits per heavy atom. The Morgan fingerprint density at radius 2 is 1.81 bits per heavy atom. The Kier molecular flexibility index (Phi) is 5.52. The minimum atomic E-state index is -2.87. The highest BCUT2D eigenvalue weighted by atomic mass is 19.3. The van der Waals surface area contributed by atoms with Gasteiger partial charge < -0.3 is 4.74 Å². The molecular formula is C18H16F2N4O2. The van der Waals surface area contributed by atoms with Crippen LogP contribution < -0.4 is 10.1 Å². The number of benzene rings is 2. The summed E-state index contributed by atoms with van der Waals surface area (Å²) in [6.07, 6.45) is 1.61. The van der Waals surface area contributed by atoms with Gasteiger partial charge >= 0.3 is 6.61 Å². The first kappa shape index (κ1) is 17.5. The van der Waals surface area contributed by atoms with Crippen LogP contribution in [0.2, 0.25) is 0 Å². The van der Waals surface area contributed by atoms with Crippen molar-refractivity contribution in [3.8, 4) is 5.75 Å². The van der Waals surface area contributed by atoms with E-state index in [1.807, 2.05) is 30.3 Å². The maximum absolute atomic E-state index is 12.1. The fraction of sp³-hybridized carbons (Fsp3) is 0.167. The van der Waals surface area contributed by atoms with Gasteiger partial charge in [0.15, 0.2) is 0 Å². The molecule has 0 bridgehead atoms. The number of ether oxygens (including phenoxy) is 1. The van der Waals surface area contributed by atoms with Crippen LogP contribution in [0.3, 0.4) is 0 Å². The van der Waals surface area contributed by atoms with Gasteiger partial charge in [0, 0.05) is 0 Å². The number of carbonyl (C=O) groups excluding carboxylic acids is 1. The first-order valence-corrected chi connectivity index (χ1v) is 7.85. The largest absolute Gasteiger partial charge is 0.435 e. The Hall–Kier alpha value is -3.29. The summed E-state index contributed by atoms with van der Waals surface area (Å²) in [5, 5.41) is 6.81. The smallest absolute Gasteiger partial charge is 0.387 e. The van der Waals surface area contributed by atoms with Crippen molar-refractivity contribution in [3.63, 3.8) is 0 Å². The molecule has 0 aliphatic rings. The van der Waals surface area contributed by atoms with Gasteiger partial charge in [0.05, 0.1) is 13.0 Å². The van der Waals surface area contributed by atoms with E-state index in [0.29, 0.717) is 12.1 Å². The standard InChI is InChI=1S/C18H16F2N4O2/c19-17(20)26-15-8-6-13(7-9-15)10-16(25)22-18-21-12-24(23-18)11-14-4-2-1-3-5-14/h1-9,12,17H,10-11H2,(H,22,23,25). The average molecular weight is 358 g/mol. The first-order chi connectivity index (χ1) is 12.6. The van der Waals surface area contributed by atoms with Gasteiger partial charge in [0.2, 0.25) is 11.9 Å². The van der Waals surface area contributed by atoms with Crippen molar-refractivity contribution in [2.24, 2.45) is 0 Å².